The van der Waals surface area contributed by atoms with Crippen molar-refractivity contribution < 1.29 is 14.3 Å². The highest BCUT2D eigenvalue weighted by atomic mass is 32.1. The second-order valence-electron chi connectivity index (χ2n) is 5.31. The number of para-hydroxylation sites is 2. The number of hydrogen-bond donors (Lipinski definition) is 1. The van der Waals surface area contributed by atoms with E-state index in [4.69, 9.17) is 9.47 Å². The zero-order valence-electron chi connectivity index (χ0n) is 14.3. The van der Waals surface area contributed by atoms with Crippen LogP contribution in [0.4, 0.5) is 5.13 Å². The van der Waals surface area contributed by atoms with Crippen LogP contribution in [0.1, 0.15) is 22.3 Å². The van der Waals surface area contributed by atoms with Crippen molar-refractivity contribution in [1.29, 1.82) is 0 Å². The van der Waals surface area contributed by atoms with Gasteiger partial charge in [-0.05, 0) is 31.2 Å². The number of benzene rings is 2. The van der Waals surface area contributed by atoms with E-state index in [1.165, 1.54) is 11.3 Å². The Bertz CT molecular complexity index is 852. The molecule has 2 aromatic carbocycles. The van der Waals surface area contributed by atoms with E-state index in [1.54, 1.807) is 18.2 Å². The predicted octanol–water partition coefficient (Wildman–Crippen LogP) is 4.16. The molecule has 0 aliphatic heterocycles. The molecule has 7 heteroatoms. The summed E-state index contributed by atoms with van der Waals surface area (Å²) in [7, 11) is 0. The lowest BCUT2D eigenvalue weighted by Crippen LogP contribution is -2.12. The molecule has 0 atom stereocenters. The Morgan fingerprint density at radius 3 is 2.65 bits per heavy atom. The molecule has 0 saturated carbocycles. The zero-order chi connectivity index (χ0) is 18.2. The lowest BCUT2D eigenvalue weighted by atomic mass is 10.2. The summed E-state index contributed by atoms with van der Waals surface area (Å²) in [5.41, 5.74) is 0.433. The summed E-state index contributed by atoms with van der Waals surface area (Å²) in [6, 6.07) is 16.4. The van der Waals surface area contributed by atoms with Crippen LogP contribution in [-0.2, 0) is 11.2 Å². The molecule has 0 spiro atoms. The smallest absolute Gasteiger partial charge is 0.261 e. The largest absolute Gasteiger partial charge is 0.457 e. The number of rotatable bonds is 8. The van der Waals surface area contributed by atoms with Crippen LogP contribution >= 0.6 is 11.3 Å². The van der Waals surface area contributed by atoms with Crippen LogP contribution in [0.3, 0.4) is 0 Å². The first-order valence-corrected chi connectivity index (χ1v) is 9.11. The fraction of sp³-hybridized carbons (Fsp3) is 0.211. The van der Waals surface area contributed by atoms with Gasteiger partial charge in [0.05, 0.1) is 12.2 Å². The van der Waals surface area contributed by atoms with Crippen LogP contribution in [0.15, 0.2) is 54.6 Å². The van der Waals surface area contributed by atoms with E-state index < -0.39 is 0 Å². The summed E-state index contributed by atoms with van der Waals surface area (Å²) in [6.07, 6.45) is 0.676. The van der Waals surface area contributed by atoms with E-state index in [9.17, 15) is 4.79 Å². The molecule has 1 heterocycles. The molecule has 3 aromatic rings. The van der Waals surface area contributed by atoms with Gasteiger partial charge in [0.2, 0.25) is 5.13 Å². The minimum atomic E-state index is -0.288. The van der Waals surface area contributed by atoms with Gasteiger partial charge in [-0.1, -0.05) is 41.7 Å². The summed E-state index contributed by atoms with van der Waals surface area (Å²) >= 11 is 1.34. The number of ether oxygens (including phenoxy) is 2. The summed E-state index contributed by atoms with van der Waals surface area (Å²) in [5, 5.41) is 12.1. The molecule has 0 aliphatic carbocycles. The maximum atomic E-state index is 12.6. The lowest BCUT2D eigenvalue weighted by molar-refractivity contribution is 0.102. The minimum Gasteiger partial charge on any atom is -0.457 e. The number of carbonyl (C=O) groups excluding carboxylic acids is 1. The monoisotopic (exact) mass is 369 g/mol. The van der Waals surface area contributed by atoms with Gasteiger partial charge in [-0.25, -0.2) is 0 Å². The van der Waals surface area contributed by atoms with Crippen molar-refractivity contribution in [3.05, 3.63) is 65.2 Å². The Hall–Kier alpha value is -2.77. The van der Waals surface area contributed by atoms with E-state index in [-0.39, 0.29) is 5.91 Å². The average molecular weight is 369 g/mol. The quantitative estimate of drug-likeness (QED) is 0.604. The highest BCUT2D eigenvalue weighted by molar-refractivity contribution is 7.15. The maximum absolute atomic E-state index is 12.6. The van der Waals surface area contributed by atoms with Crippen LogP contribution in [-0.4, -0.2) is 29.3 Å². The van der Waals surface area contributed by atoms with Gasteiger partial charge >= 0.3 is 0 Å². The molecule has 26 heavy (non-hydrogen) atoms. The van der Waals surface area contributed by atoms with Crippen molar-refractivity contribution in [3.8, 4) is 11.5 Å². The third kappa shape index (κ3) is 4.87. The topological polar surface area (TPSA) is 73.3 Å². The summed E-state index contributed by atoms with van der Waals surface area (Å²) in [6.45, 7) is 3.20. The van der Waals surface area contributed by atoms with Crippen molar-refractivity contribution in [1.82, 2.24) is 10.2 Å². The normalized spacial score (nSPS) is 10.5. The first kappa shape index (κ1) is 18.0. The third-order valence-corrected chi connectivity index (χ3v) is 4.35. The van der Waals surface area contributed by atoms with E-state index in [2.05, 4.69) is 15.5 Å². The number of nitrogens with zero attached hydrogens (tertiary/aromatic N) is 2. The minimum absolute atomic E-state index is 0.288. The first-order valence-electron chi connectivity index (χ1n) is 8.29. The molecule has 0 unspecified atom stereocenters. The van der Waals surface area contributed by atoms with Gasteiger partial charge in [-0.3, -0.25) is 10.1 Å². The summed E-state index contributed by atoms with van der Waals surface area (Å²) in [5.74, 6) is 0.864. The van der Waals surface area contributed by atoms with Crippen LogP contribution in [0.2, 0.25) is 0 Å². The van der Waals surface area contributed by atoms with Crippen molar-refractivity contribution in [2.75, 3.05) is 18.5 Å². The second-order valence-corrected chi connectivity index (χ2v) is 6.38. The van der Waals surface area contributed by atoms with Gasteiger partial charge < -0.3 is 9.47 Å². The third-order valence-electron chi connectivity index (χ3n) is 3.45. The Morgan fingerprint density at radius 1 is 1.08 bits per heavy atom. The molecule has 1 amide bonds. The molecule has 0 aliphatic rings. The van der Waals surface area contributed by atoms with E-state index in [0.717, 1.165) is 5.01 Å². The molecule has 1 aromatic heterocycles. The van der Waals surface area contributed by atoms with Gasteiger partial charge in [-0.15, -0.1) is 10.2 Å². The number of hydrogen-bond acceptors (Lipinski definition) is 6. The Kier molecular flexibility index (Phi) is 6.29. The van der Waals surface area contributed by atoms with E-state index in [0.29, 0.717) is 41.8 Å². The zero-order valence-corrected chi connectivity index (χ0v) is 15.2. The molecule has 0 fully saturated rings. The van der Waals surface area contributed by atoms with Gasteiger partial charge in [0, 0.05) is 13.0 Å². The number of aromatic nitrogens is 2. The Balaban J connectivity index is 1.68. The summed E-state index contributed by atoms with van der Waals surface area (Å²) < 4.78 is 11.1. The van der Waals surface area contributed by atoms with Gasteiger partial charge in [0.1, 0.15) is 16.5 Å². The second kappa shape index (κ2) is 9.07. The van der Waals surface area contributed by atoms with Gasteiger partial charge in [0.15, 0.2) is 0 Å². The van der Waals surface area contributed by atoms with Crippen molar-refractivity contribution in [2.24, 2.45) is 0 Å². The van der Waals surface area contributed by atoms with E-state index in [1.807, 2.05) is 43.3 Å². The number of amides is 1. The molecule has 0 bridgehead atoms. The number of carbonyl (C=O) groups is 1. The van der Waals surface area contributed by atoms with E-state index >= 15 is 0 Å². The van der Waals surface area contributed by atoms with Crippen LogP contribution in [0, 0.1) is 0 Å². The van der Waals surface area contributed by atoms with Crippen LogP contribution < -0.4 is 10.1 Å². The first-order chi connectivity index (χ1) is 12.8. The predicted molar refractivity (Wildman–Crippen MR) is 101 cm³/mol. The highest BCUT2D eigenvalue weighted by Gasteiger charge is 2.15. The molecule has 0 radical (unpaired) electrons. The molecule has 1 N–H and O–H groups in total. The van der Waals surface area contributed by atoms with Gasteiger partial charge in [0.25, 0.3) is 5.91 Å². The fourth-order valence-electron chi connectivity index (χ4n) is 2.23. The molecule has 6 nitrogen and oxygen atoms in total. The van der Waals surface area contributed by atoms with Crippen molar-refractivity contribution >= 4 is 22.4 Å². The fourth-order valence-corrected chi connectivity index (χ4v) is 2.95. The molecular weight excluding hydrogens is 350 g/mol. The molecule has 0 saturated heterocycles. The Labute approximate surface area is 155 Å². The lowest BCUT2D eigenvalue weighted by Gasteiger charge is -2.10. The molecule has 3 rings (SSSR count). The average Bonchev–Trinajstić information content (AvgIpc) is 3.10. The van der Waals surface area contributed by atoms with Crippen molar-refractivity contribution in [2.45, 2.75) is 13.3 Å². The Morgan fingerprint density at radius 2 is 1.85 bits per heavy atom. The van der Waals surface area contributed by atoms with Crippen molar-refractivity contribution in [3.63, 3.8) is 0 Å². The molecular formula is C19H19N3O3S. The number of anilines is 1. The maximum Gasteiger partial charge on any atom is 0.261 e. The highest BCUT2D eigenvalue weighted by Crippen LogP contribution is 2.26. The van der Waals surface area contributed by atoms with Gasteiger partial charge in [-0.2, -0.15) is 0 Å². The van der Waals surface area contributed by atoms with Crippen LogP contribution in [0.5, 0.6) is 11.5 Å². The molecule has 134 valence electrons. The SMILES string of the molecule is CCOCCc1nnc(NC(=O)c2ccccc2Oc2ccccc2)s1. The summed E-state index contributed by atoms with van der Waals surface area (Å²) in [4.78, 5) is 12.6. The number of nitrogens with one attached hydrogen (secondary N) is 1. The standard InChI is InChI=1S/C19H19N3O3S/c1-2-24-13-12-17-21-22-19(26-17)20-18(23)15-10-6-7-11-16(15)25-14-8-4-3-5-9-14/h3-11H,2,12-13H2,1H3,(H,20,22,23). The van der Waals surface area contributed by atoms with Crippen LogP contribution in [0.25, 0.3) is 0 Å².